The lowest BCUT2D eigenvalue weighted by Gasteiger charge is -2.31. The van der Waals surface area contributed by atoms with E-state index in [9.17, 15) is 9.18 Å². The van der Waals surface area contributed by atoms with E-state index in [0.29, 0.717) is 6.42 Å². The smallest absolute Gasteiger partial charge is 0.414 e. The maximum absolute atomic E-state index is 13.3. The van der Waals surface area contributed by atoms with Crippen LogP contribution in [0, 0.1) is 9.39 Å². The first kappa shape index (κ1) is 12.6. The van der Waals surface area contributed by atoms with Crippen LogP contribution < -0.4 is 4.90 Å². The zero-order chi connectivity index (χ0) is 12.8. The Balaban J connectivity index is 2.60. The summed E-state index contributed by atoms with van der Waals surface area (Å²) < 4.78 is 18.9. The Morgan fingerprint density at radius 3 is 2.76 bits per heavy atom. The minimum absolute atomic E-state index is 0.268. The van der Waals surface area contributed by atoms with Gasteiger partial charge in [0.1, 0.15) is 5.82 Å². The van der Waals surface area contributed by atoms with E-state index in [-0.39, 0.29) is 11.4 Å². The number of ether oxygens (including phenoxy) is 1. The molecule has 0 aromatic heterocycles. The molecule has 17 heavy (non-hydrogen) atoms. The van der Waals surface area contributed by atoms with Crippen molar-refractivity contribution >= 4 is 34.4 Å². The second-order valence-electron chi connectivity index (χ2n) is 4.69. The molecule has 1 heterocycles. The Morgan fingerprint density at radius 2 is 2.18 bits per heavy atom. The van der Waals surface area contributed by atoms with Gasteiger partial charge >= 0.3 is 6.09 Å². The molecule has 0 fully saturated rings. The highest BCUT2D eigenvalue weighted by Crippen LogP contribution is 2.42. The van der Waals surface area contributed by atoms with Gasteiger partial charge in [0.2, 0.25) is 0 Å². The van der Waals surface area contributed by atoms with Crippen molar-refractivity contribution in [1.82, 2.24) is 0 Å². The molecule has 0 saturated heterocycles. The number of carbonyl (C=O) groups excluding carboxylic acids is 1. The molecule has 0 spiro atoms. The minimum atomic E-state index is -0.404. The highest BCUT2D eigenvalue weighted by molar-refractivity contribution is 14.1. The van der Waals surface area contributed by atoms with E-state index in [1.807, 2.05) is 36.4 Å². The Bertz CT molecular complexity index is 488. The van der Waals surface area contributed by atoms with Crippen LogP contribution in [0.15, 0.2) is 12.1 Å². The molecule has 92 valence electrons. The third kappa shape index (κ3) is 2.00. The fourth-order valence-electron chi connectivity index (χ4n) is 2.28. The van der Waals surface area contributed by atoms with Crippen molar-refractivity contribution in [2.75, 3.05) is 12.0 Å². The molecule has 0 atom stereocenters. The predicted octanol–water partition coefficient (Wildman–Crippen LogP) is 3.34. The van der Waals surface area contributed by atoms with Gasteiger partial charge in [-0.25, -0.2) is 9.18 Å². The molecule has 1 aromatic rings. The fourth-order valence-corrected chi connectivity index (χ4v) is 3.17. The second kappa shape index (κ2) is 4.12. The van der Waals surface area contributed by atoms with Crippen LogP contribution in [0.4, 0.5) is 14.9 Å². The topological polar surface area (TPSA) is 29.5 Å². The van der Waals surface area contributed by atoms with Gasteiger partial charge in [-0.3, -0.25) is 4.90 Å². The number of fused-ring (bicyclic) bond motifs is 1. The molecule has 1 aromatic carbocycles. The largest absolute Gasteiger partial charge is 0.452 e. The predicted molar refractivity (Wildman–Crippen MR) is 71.8 cm³/mol. The van der Waals surface area contributed by atoms with Crippen molar-refractivity contribution in [2.24, 2.45) is 0 Å². The average molecular weight is 349 g/mol. The number of methoxy groups -OCH3 is 1. The molecular formula is C12H13FINO2. The van der Waals surface area contributed by atoms with Crippen LogP contribution in [0.2, 0.25) is 0 Å². The molecular weight excluding hydrogens is 336 g/mol. The summed E-state index contributed by atoms with van der Waals surface area (Å²) in [6.45, 7) is 3.88. The Labute approximate surface area is 113 Å². The molecule has 0 N–H and O–H groups in total. The highest BCUT2D eigenvalue weighted by atomic mass is 127. The van der Waals surface area contributed by atoms with Gasteiger partial charge in [-0.15, -0.1) is 0 Å². The van der Waals surface area contributed by atoms with E-state index in [2.05, 4.69) is 0 Å². The van der Waals surface area contributed by atoms with E-state index < -0.39 is 6.09 Å². The van der Waals surface area contributed by atoms with Crippen molar-refractivity contribution in [1.29, 1.82) is 0 Å². The van der Waals surface area contributed by atoms with Crippen LogP contribution in [0.3, 0.4) is 0 Å². The van der Waals surface area contributed by atoms with Crippen molar-refractivity contribution in [3.05, 3.63) is 27.1 Å². The monoisotopic (exact) mass is 349 g/mol. The van der Waals surface area contributed by atoms with Gasteiger partial charge in [0, 0.05) is 9.11 Å². The first-order valence-electron chi connectivity index (χ1n) is 5.23. The molecule has 1 aliphatic heterocycles. The number of hydrogen-bond donors (Lipinski definition) is 0. The lowest BCUT2D eigenvalue weighted by Crippen LogP contribution is -2.45. The summed E-state index contributed by atoms with van der Waals surface area (Å²) in [5.74, 6) is -0.268. The summed E-state index contributed by atoms with van der Waals surface area (Å²) in [4.78, 5) is 13.4. The first-order chi connectivity index (χ1) is 7.86. The summed E-state index contributed by atoms with van der Waals surface area (Å²) in [5, 5.41) is 0. The molecule has 1 aliphatic rings. The third-order valence-corrected chi connectivity index (χ3v) is 3.74. The number of rotatable bonds is 0. The molecule has 1 amide bonds. The summed E-state index contributed by atoms with van der Waals surface area (Å²) in [5.41, 5.74) is 1.23. The lowest BCUT2D eigenvalue weighted by molar-refractivity contribution is 0.173. The molecule has 3 nitrogen and oxygen atoms in total. The van der Waals surface area contributed by atoms with E-state index in [4.69, 9.17) is 4.74 Å². The molecule has 0 radical (unpaired) electrons. The summed E-state index contributed by atoms with van der Waals surface area (Å²) in [7, 11) is 1.35. The lowest BCUT2D eigenvalue weighted by atomic mass is 10.00. The van der Waals surface area contributed by atoms with Gasteiger partial charge in [-0.1, -0.05) is 0 Å². The van der Waals surface area contributed by atoms with Gasteiger partial charge in [-0.2, -0.15) is 0 Å². The third-order valence-electron chi connectivity index (χ3n) is 2.92. The Hall–Kier alpha value is -0.850. The molecule has 0 aliphatic carbocycles. The van der Waals surface area contributed by atoms with Gasteiger partial charge in [0.05, 0.1) is 12.8 Å². The normalized spacial score (nSPS) is 16.9. The second-order valence-corrected chi connectivity index (χ2v) is 5.85. The van der Waals surface area contributed by atoms with Crippen molar-refractivity contribution in [2.45, 2.75) is 25.8 Å². The minimum Gasteiger partial charge on any atom is -0.452 e. The van der Waals surface area contributed by atoms with Crippen LogP contribution in [-0.2, 0) is 11.2 Å². The molecule has 0 unspecified atom stereocenters. The SMILES string of the molecule is COC(=O)N1c2c(I)cc(F)cc2CC1(C)C. The van der Waals surface area contributed by atoms with E-state index in [1.165, 1.54) is 19.2 Å². The van der Waals surface area contributed by atoms with Crippen LogP contribution in [0.1, 0.15) is 19.4 Å². The van der Waals surface area contributed by atoms with Crippen LogP contribution in [0.25, 0.3) is 0 Å². The van der Waals surface area contributed by atoms with Gasteiger partial charge in [0.15, 0.2) is 0 Å². The fraction of sp³-hybridized carbons (Fsp3) is 0.417. The number of carbonyl (C=O) groups is 1. The number of hydrogen-bond acceptors (Lipinski definition) is 2. The molecule has 2 rings (SSSR count). The maximum Gasteiger partial charge on any atom is 0.414 e. The van der Waals surface area contributed by atoms with E-state index in [1.54, 1.807) is 4.90 Å². The highest BCUT2D eigenvalue weighted by Gasteiger charge is 2.42. The molecule has 5 heteroatoms. The number of halogens is 2. The van der Waals surface area contributed by atoms with Crippen molar-refractivity contribution in [3.8, 4) is 0 Å². The van der Waals surface area contributed by atoms with Gasteiger partial charge < -0.3 is 4.74 Å². The Morgan fingerprint density at radius 1 is 1.53 bits per heavy atom. The van der Waals surface area contributed by atoms with Crippen LogP contribution in [0.5, 0.6) is 0 Å². The zero-order valence-corrected chi connectivity index (χ0v) is 12.0. The number of anilines is 1. The van der Waals surface area contributed by atoms with Gasteiger partial charge in [-0.05, 0) is 60.6 Å². The Kier molecular flexibility index (Phi) is 3.05. The number of benzene rings is 1. The number of nitrogens with zero attached hydrogens (tertiary/aromatic N) is 1. The number of amides is 1. The summed E-state index contributed by atoms with van der Waals surface area (Å²) in [6, 6.07) is 2.92. The van der Waals surface area contributed by atoms with Crippen molar-refractivity contribution < 1.29 is 13.9 Å². The standard InChI is InChI=1S/C12H13FINO2/c1-12(2)6-7-4-8(13)5-9(14)10(7)15(12)11(16)17-3/h4-5H,6H2,1-3H3. The molecule has 0 saturated carbocycles. The quantitative estimate of drug-likeness (QED) is 0.673. The average Bonchev–Trinajstić information content (AvgIpc) is 2.47. The zero-order valence-electron chi connectivity index (χ0n) is 9.88. The summed E-state index contributed by atoms with van der Waals surface area (Å²) >= 11 is 2.04. The first-order valence-corrected chi connectivity index (χ1v) is 6.31. The van der Waals surface area contributed by atoms with E-state index >= 15 is 0 Å². The summed E-state index contributed by atoms with van der Waals surface area (Å²) in [6.07, 6.45) is 0.226. The van der Waals surface area contributed by atoms with Crippen LogP contribution in [-0.4, -0.2) is 18.7 Å². The maximum atomic E-state index is 13.3. The van der Waals surface area contributed by atoms with E-state index in [0.717, 1.165) is 14.8 Å². The van der Waals surface area contributed by atoms with Gasteiger partial charge in [0.25, 0.3) is 0 Å². The molecule has 0 bridgehead atoms. The van der Waals surface area contributed by atoms with Crippen molar-refractivity contribution in [3.63, 3.8) is 0 Å². The van der Waals surface area contributed by atoms with Crippen LogP contribution >= 0.6 is 22.6 Å².